The molecule has 2 aromatic rings. The second-order valence-electron chi connectivity index (χ2n) is 7.17. The third-order valence-electron chi connectivity index (χ3n) is 5.32. The number of nitrogens with one attached hydrogen (secondary N) is 2. The predicted molar refractivity (Wildman–Crippen MR) is 108 cm³/mol. The third kappa shape index (κ3) is 4.61. The first-order valence-corrected chi connectivity index (χ1v) is 9.64. The molecule has 2 atom stereocenters. The molecule has 3 heteroatoms. The topological polar surface area (TPSA) is 33.5 Å². The Morgan fingerprint density at radius 2 is 1.85 bits per heavy atom. The molecule has 1 aliphatic heterocycles. The predicted octanol–water partition coefficient (Wildman–Crippen LogP) is 3.51. The number of amides is 1. The molecule has 3 rings (SSSR count). The van der Waals surface area contributed by atoms with E-state index in [1.165, 1.54) is 21.6 Å². The average molecular weight is 349 g/mol. The minimum absolute atomic E-state index is 0.104. The van der Waals surface area contributed by atoms with E-state index in [1.807, 2.05) is 24.3 Å². The lowest BCUT2D eigenvalue weighted by Gasteiger charge is -2.23. The van der Waals surface area contributed by atoms with Crippen LogP contribution in [0, 0.1) is 0 Å². The first-order valence-electron chi connectivity index (χ1n) is 9.64. The summed E-state index contributed by atoms with van der Waals surface area (Å²) in [5, 5.41) is 3.14. The molecule has 0 radical (unpaired) electrons. The summed E-state index contributed by atoms with van der Waals surface area (Å²) in [5.74, 6) is 0.553. The van der Waals surface area contributed by atoms with Crippen molar-refractivity contribution in [2.45, 2.75) is 32.6 Å². The second kappa shape index (κ2) is 8.81. The lowest BCUT2D eigenvalue weighted by Crippen LogP contribution is -3.13. The standard InChI is InChI=1S/C23H28N2O/c1-3-18(2)21-11-7-8-12-22(21)24-23(26)17-25-15-13-20(14-16-25)19-9-5-4-6-10-19/h4-13,18H,3,14-17H2,1-2H3,(H,24,26)/p+1/t18-/m1/s1. The number of anilines is 1. The van der Waals surface area contributed by atoms with Gasteiger partial charge < -0.3 is 10.2 Å². The quantitative estimate of drug-likeness (QED) is 0.822. The second-order valence-corrected chi connectivity index (χ2v) is 7.17. The minimum Gasteiger partial charge on any atom is -0.324 e. The number of carbonyl (C=O) groups excluding carboxylic acids is 1. The molecular weight excluding hydrogens is 320 g/mol. The van der Waals surface area contributed by atoms with Crippen LogP contribution in [0.2, 0.25) is 0 Å². The molecule has 1 aliphatic rings. The van der Waals surface area contributed by atoms with Crippen LogP contribution < -0.4 is 10.2 Å². The molecule has 0 fully saturated rings. The summed E-state index contributed by atoms with van der Waals surface area (Å²) in [6.07, 6.45) is 4.38. The van der Waals surface area contributed by atoms with Gasteiger partial charge in [-0.15, -0.1) is 0 Å². The first-order chi connectivity index (χ1) is 12.7. The zero-order chi connectivity index (χ0) is 18.4. The lowest BCUT2D eigenvalue weighted by atomic mass is 9.97. The molecule has 0 aromatic heterocycles. The number of benzene rings is 2. The highest BCUT2D eigenvalue weighted by Crippen LogP contribution is 2.26. The fourth-order valence-electron chi connectivity index (χ4n) is 3.54. The Hall–Kier alpha value is -2.39. The molecule has 3 nitrogen and oxygen atoms in total. The highest BCUT2D eigenvalue weighted by Gasteiger charge is 2.19. The van der Waals surface area contributed by atoms with E-state index in [-0.39, 0.29) is 5.91 Å². The molecule has 136 valence electrons. The van der Waals surface area contributed by atoms with Crippen LogP contribution in [0.4, 0.5) is 5.69 Å². The van der Waals surface area contributed by atoms with Crippen molar-refractivity contribution in [1.29, 1.82) is 0 Å². The van der Waals surface area contributed by atoms with Crippen molar-refractivity contribution in [3.63, 3.8) is 0 Å². The van der Waals surface area contributed by atoms with Gasteiger partial charge in [-0.2, -0.15) is 0 Å². The smallest absolute Gasteiger partial charge is 0.279 e. The molecule has 2 N–H and O–H groups in total. The molecule has 1 heterocycles. The van der Waals surface area contributed by atoms with Gasteiger partial charge in [0.05, 0.1) is 13.1 Å². The van der Waals surface area contributed by atoms with Gasteiger partial charge in [-0.1, -0.05) is 62.4 Å². The summed E-state index contributed by atoms with van der Waals surface area (Å²) < 4.78 is 0. The normalized spacial score (nSPS) is 18.1. The zero-order valence-corrected chi connectivity index (χ0v) is 15.8. The Kier molecular flexibility index (Phi) is 6.24. The molecule has 0 spiro atoms. The zero-order valence-electron chi connectivity index (χ0n) is 15.8. The number of hydrogen-bond donors (Lipinski definition) is 2. The Balaban J connectivity index is 1.58. The molecule has 26 heavy (non-hydrogen) atoms. The molecule has 2 aromatic carbocycles. The third-order valence-corrected chi connectivity index (χ3v) is 5.32. The minimum atomic E-state index is 0.104. The van der Waals surface area contributed by atoms with Crippen molar-refractivity contribution in [1.82, 2.24) is 0 Å². The highest BCUT2D eigenvalue weighted by atomic mass is 16.2. The van der Waals surface area contributed by atoms with E-state index in [0.29, 0.717) is 12.5 Å². The summed E-state index contributed by atoms with van der Waals surface area (Å²) in [4.78, 5) is 13.9. The Labute approximate surface area is 156 Å². The van der Waals surface area contributed by atoms with Gasteiger partial charge in [0.2, 0.25) is 0 Å². The van der Waals surface area contributed by atoms with Crippen molar-refractivity contribution in [2.24, 2.45) is 0 Å². The molecule has 1 unspecified atom stereocenters. The van der Waals surface area contributed by atoms with Crippen LogP contribution in [0.5, 0.6) is 0 Å². The molecule has 0 saturated carbocycles. The molecule has 1 amide bonds. The van der Waals surface area contributed by atoms with Gasteiger partial charge in [0, 0.05) is 12.1 Å². The van der Waals surface area contributed by atoms with Gasteiger partial charge in [-0.25, -0.2) is 0 Å². The Morgan fingerprint density at radius 1 is 1.12 bits per heavy atom. The van der Waals surface area contributed by atoms with E-state index < -0.39 is 0 Å². The fourth-order valence-corrected chi connectivity index (χ4v) is 3.54. The number of hydrogen-bond acceptors (Lipinski definition) is 1. The van der Waals surface area contributed by atoms with Crippen molar-refractivity contribution in [2.75, 3.05) is 25.0 Å². The van der Waals surface area contributed by atoms with Crippen molar-refractivity contribution < 1.29 is 9.69 Å². The van der Waals surface area contributed by atoms with Gasteiger partial charge in [0.25, 0.3) is 5.91 Å². The van der Waals surface area contributed by atoms with E-state index in [0.717, 1.165) is 31.6 Å². The number of para-hydroxylation sites is 1. The SMILES string of the molecule is CC[C@@H](C)c1ccccc1NC(=O)C[NH+]1CC=C(c2ccccc2)CC1. The molecule has 0 aliphatic carbocycles. The maximum atomic E-state index is 12.5. The molecule has 0 saturated heterocycles. The fraction of sp³-hybridized carbons (Fsp3) is 0.348. The molecule has 0 bridgehead atoms. The van der Waals surface area contributed by atoms with Crippen molar-refractivity contribution in [3.05, 3.63) is 71.8 Å². The monoisotopic (exact) mass is 349 g/mol. The summed E-state index contributed by atoms with van der Waals surface area (Å²) in [6, 6.07) is 18.7. The Morgan fingerprint density at radius 3 is 2.54 bits per heavy atom. The van der Waals surface area contributed by atoms with E-state index in [9.17, 15) is 4.79 Å². The highest BCUT2D eigenvalue weighted by molar-refractivity contribution is 5.92. The van der Waals surface area contributed by atoms with Crippen molar-refractivity contribution in [3.8, 4) is 0 Å². The summed E-state index contributed by atoms with van der Waals surface area (Å²) >= 11 is 0. The van der Waals surface area contributed by atoms with Gasteiger partial charge in [0.15, 0.2) is 6.54 Å². The average Bonchev–Trinajstić information content (AvgIpc) is 2.69. The van der Waals surface area contributed by atoms with Crippen LogP contribution in [-0.4, -0.2) is 25.5 Å². The maximum Gasteiger partial charge on any atom is 0.279 e. The van der Waals surface area contributed by atoms with Gasteiger partial charge in [-0.05, 0) is 41.2 Å². The van der Waals surface area contributed by atoms with Crippen LogP contribution in [0.1, 0.15) is 43.7 Å². The summed E-state index contributed by atoms with van der Waals surface area (Å²) in [7, 11) is 0. The Bertz CT molecular complexity index is 767. The van der Waals surface area contributed by atoms with Crippen LogP contribution in [0.25, 0.3) is 5.57 Å². The number of rotatable bonds is 6. The largest absolute Gasteiger partial charge is 0.324 e. The van der Waals surface area contributed by atoms with Gasteiger partial charge in [0.1, 0.15) is 0 Å². The maximum absolute atomic E-state index is 12.5. The number of carbonyl (C=O) groups is 1. The van der Waals surface area contributed by atoms with E-state index >= 15 is 0 Å². The van der Waals surface area contributed by atoms with Crippen LogP contribution >= 0.6 is 0 Å². The van der Waals surface area contributed by atoms with Gasteiger partial charge in [-0.3, -0.25) is 4.79 Å². The lowest BCUT2D eigenvalue weighted by molar-refractivity contribution is -0.886. The van der Waals surface area contributed by atoms with E-state index in [2.05, 4.69) is 55.6 Å². The first kappa shape index (κ1) is 18.4. The van der Waals surface area contributed by atoms with E-state index in [1.54, 1.807) is 0 Å². The van der Waals surface area contributed by atoms with Gasteiger partial charge >= 0.3 is 0 Å². The summed E-state index contributed by atoms with van der Waals surface area (Å²) in [5.41, 5.74) is 4.89. The van der Waals surface area contributed by atoms with Crippen LogP contribution in [0.3, 0.4) is 0 Å². The van der Waals surface area contributed by atoms with Crippen LogP contribution in [-0.2, 0) is 4.79 Å². The summed E-state index contributed by atoms with van der Waals surface area (Å²) in [6.45, 7) is 6.81. The number of quaternary nitrogens is 1. The van der Waals surface area contributed by atoms with E-state index in [4.69, 9.17) is 0 Å². The van der Waals surface area contributed by atoms with Crippen molar-refractivity contribution >= 4 is 17.2 Å². The molecular formula is C23H29N2O+. The van der Waals surface area contributed by atoms with Crippen LogP contribution in [0.15, 0.2) is 60.7 Å².